The van der Waals surface area contributed by atoms with E-state index < -0.39 is 0 Å². The Bertz CT molecular complexity index is 385. The van der Waals surface area contributed by atoms with Gasteiger partial charge in [0.15, 0.2) is 5.96 Å². The maximum atomic E-state index is 11.8. The highest BCUT2D eigenvalue weighted by atomic mass is 127. The molecule has 1 aliphatic carbocycles. The molecule has 3 N–H and O–H groups in total. The number of nitrogens with one attached hydrogen (secondary N) is 3. The Morgan fingerprint density at radius 1 is 1.22 bits per heavy atom. The van der Waals surface area contributed by atoms with E-state index in [0.717, 1.165) is 11.2 Å². The van der Waals surface area contributed by atoms with E-state index in [-0.39, 0.29) is 35.3 Å². The lowest BCUT2D eigenvalue weighted by molar-refractivity contribution is -0.128. The van der Waals surface area contributed by atoms with Gasteiger partial charge in [0.25, 0.3) is 0 Å². The van der Waals surface area contributed by atoms with E-state index in [4.69, 9.17) is 0 Å². The van der Waals surface area contributed by atoms with Gasteiger partial charge < -0.3 is 16.0 Å². The molecule has 7 heteroatoms. The highest BCUT2D eigenvalue weighted by molar-refractivity contribution is 14.0. The van der Waals surface area contributed by atoms with Gasteiger partial charge in [-0.15, -0.1) is 24.0 Å². The molecule has 0 aromatic rings. The summed E-state index contributed by atoms with van der Waals surface area (Å²) in [7, 11) is 1.79. The fourth-order valence-electron chi connectivity index (χ4n) is 2.50. The van der Waals surface area contributed by atoms with Gasteiger partial charge in [0.05, 0.1) is 0 Å². The summed E-state index contributed by atoms with van der Waals surface area (Å²) in [6.45, 7) is 7.04. The molecule has 23 heavy (non-hydrogen) atoms. The smallest absolute Gasteiger partial charge is 0.225 e. The average molecular weight is 456 g/mol. The molecule has 1 rings (SSSR count). The Hall–Kier alpha value is -0.180. The molecular formula is C16H33IN4OS. The number of guanidine groups is 1. The molecule has 1 amide bonds. The first kappa shape index (κ1) is 22.8. The number of rotatable bonds is 5. The summed E-state index contributed by atoms with van der Waals surface area (Å²) < 4.78 is 0. The van der Waals surface area contributed by atoms with E-state index in [0.29, 0.717) is 19.1 Å². The van der Waals surface area contributed by atoms with Crippen LogP contribution in [0.3, 0.4) is 0 Å². The van der Waals surface area contributed by atoms with Crippen LogP contribution < -0.4 is 16.0 Å². The van der Waals surface area contributed by atoms with E-state index in [1.54, 1.807) is 7.05 Å². The summed E-state index contributed by atoms with van der Waals surface area (Å²) in [6.07, 6.45) is 7.20. The molecule has 0 radical (unpaired) electrons. The predicted octanol–water partition coefficient (Wildman–Crippen LogP) is 2.61. The van der Waals surface area contributed by atoms with E-state index >= 15 is 0 Å². The third kappa shape index (κ3) is 9.02. The number of carbonyl (C=O) groups excluding carboxylic acids is 1. The van der Waals surface area contributed by atoms with Crippen LogP contribution in [-0.2, 0) is 4.79 Å². The molecular weight excluding hydrogens is 423 g/mol. The van der Waals surface area contributed by atoms with Crippen LogP contribution in [0.1, 0.15) is 46.5 Å². The minimum Gasteiger partial charge on any atom is -0.355 e. The van der Waals surface area contributed by atoms with Gasteiger partial charge in [-0.1, -0.05) is 27.2 Å². The highest BCUT2D eigenvalue weighted by Crippen LogP contribution is 2.26. The third-order valence-corrected chi connectivity index (χ3v) is 5.00. The van der Waals surface area contributed by atoms with Crippen molar-refractivity contribution in [3.63, 3.8) is 0 Å². The van der Waals surface area contributed by atoms with Crippen molar-refractivity contribution in [2.75, 3.05) is 26.4 Å². The van der Waals surface area contributed by atoms with Crippen LogP contribution in [0.4, 0.5) is 0 Å². The third-order valence-electron chi connectivity index (χ3n) is 3.91. The molecule has 0 saturated heterocycles. The fraction of sp³-hybridized carbons (Fsp3) is 0.875. The van der Waals surface area contributed by atoms with Gasteiger partial charge in [0, 0.05) is 36.8 Å². The maximum absolute atomic E-state index is 11.8. The molecule has 1 saturated carbocycles. The molecule has 0 aliphatic heterocycles. The van der Waals surface area contributed by atoms with Crippen LogP contribution in [-0.4, -0.2) is 49.6 Å². The second kappa shape index (κ2) is 11.4. The molecule has 0 bridgehead atoms. The quantitative estimate of drug-likeness (QED) is 0.258. The number of thioether (sulfide) groups is 1. The van der Waals surface area contributed by atoms with Crippen molar-refractivity contribution in [3.8, 4) is 0 Å². The summed E-state index contributed by atoms with van der Waals surface area (Å²) in [5, 5.41) is 10.5. The number of carbonyl (C=O) groups is 1. The molecule has 2 unspecified atom stereocenters. The Labute approximate surface area is 162 Å². The van der Waals surface area contributed by atoms with E-state index in [2.05, 4.69) is 27.2 Å². The van der Waals surface area contributed by atoms with E-state index in [1.165, 1.54) is 25.7 Å². The lowest BCUT2D eigenvalue weighted by atomic mass is 9.95. The first-order valence-electron chi connectivity index (χ1n) is 8.15. The second-order valence-electron chi connectivity index (χ2n) is 6.87. The monoisotopic (exact) mass is 456 g/mol. The van der Waals surface area contributed by atoms with Gasteiger partial charge in [0.2, 0.25) is 5.91 Å². The Balaban J connectivity index is 0.00000484. The highest BCUT2D eigenvalue weighted by Gasteiger charge is 2.22. The molecule has 5 nitrogen and oxygen atoms in total. The normalized spacial score (nSPS) is 22.0. The van der Waals surface area contributed by atoms with Gasteiger partial charge in [-0.25, -0.2) is 0 Å². The lowest BCUT2D eigenvalue weighted by Crippen LogP contribution is -2.48. The fourth-order valence-corrected chi connectivity index (χ4v) is 3.33. The van der Waals surface area contributed by atoms with Crippen LogP contribution in [0, 0.1) is 5.41 Å². The van der Waals surface area contributed by atoms with Crippen LogP contribution >= 0.6 is 35.7 Å². The Morgan fingerprint density at radius 3 is 2.43 bits per heavy atom. The van der Waals surface area contributed by atoms with Gasteiger partial charge >= 0.3 is 0 Å². The number of nitrogens with zero attached hydrogens (tertiary/aromatic N) is 1. The summed E-state index contributed by atoms with van der Waals surface area (Å²) >= 11 is 1.96. The van der Waals surface area contributed by atoms with E-state index in [9.17, 15) is 4.79 Å². The van der Waals surface area contributed by atoms with Gasteiger partial charge in [-0.3, -0.25) is 9.79 Å². The number of aliphatic imine (C=N–C) groups is 1. The van der Waals surface area contributed by atoms with E-state index in [1.807, 2.05) is 32.5 Å². The van der Waals surface area contributed by atoms with Crippen molar-refractivity contribution in [1.82, 2.24) is 16.0 Å². The SMILES string of the molecule is CN=C(NCCNC(=O)C(C)(C)C)NC1CCCC(SC)C1.I. The second-order valence-corrected chi connectivity index (χ2v) is 8.01. The van der Waals surface area contributed by atoms with Crippen molar-refractivity contribution < 1.29 is 4.79 Å². The zero-order valence-electron chi connectivity index (χ0n) is 15.1. The van der Waals surface area contributed by atoms with Crippen LogP contribution in [0.2, 0.25) is 0 Å². The standard InChI is InChI=1S/C16H32N4OS.HI/c1-16(2,3)14(21)18-9-10-19-15(17-4)20-12-7-6-8-13(11-12)22-5;/h12-13H,6-11H2,1-5H3,(H,18,21)(H2,17,19,20);1H. The molecule has 2 atom stereocenters. The molecule has 0 aromatic heterocycles. The number of amides is 1. The lowest BCUT2D eigenvalue weighted by Gasteiger charge is -2.29. The predicted molar refractivity (Wildman–Crippen MR) is 112 cm³/mol. The Kier molecular flexibility index (Phi) is 11.3. The van der Waals surface area contributed by atoms with Crippen molar-refractivity contribution in [2.45, 2.75) is 57.7 Å². The summed E-state index contributed by atoms with van der Waals surface area (Å²) in [5.74, 6) is 0.907. The zero-order valence-corrected chi connectivity index (χ0v) is 18.2. The van der Waals surface area contributed by atoms with Crippen molar-refractivity contribution in [1.29, 1.82) is 0 Å². The molecule has 0 aromatic carbocycles. The van der Waals surface area contributed by atoms with Crippen LogP contribution in [0.15, 0.2) is 4.99 Å². The molecule has 0 heterocycles. The van der Waals surface area contributed by atoms with Crippen LogP contribution in [0.25, 0.3) is 0 Å². The zero-order chi connectivity index (χ0) is 16.6. The molecule has 1 aliphatic rings. The Morgan fingerprint density at radius 2 is 1.87 bits per heavy atom. The van der Waals surface area contributed by atoms with Crippen molar-refractivity contribution in [3.05, 3.63) is 0 Å². The molecule has 1 fully saturated rings. The largest absolute Gasteiger partial charge is 0.355 e. The van der Waals surface area contributed by atoms with Crippen molar-refractivity contribution >= 4 is 47.6 Å². The first-order chi connectivity index (χ1) is 10.4. The number of hydrogen-bond acceptors (Lipinski definition) is 3. The summed E-state index contributed by atoms with van der Waals surface area (Å²) in [6, 6.07) is 0.501. The van der Waals surface area contributed by atoms with Crippen molar-refractivity contribution in [2.24, 2.45) is 10.4 Å². The van der Waals surface area contributed by atoms with Gasteiger partial charge in [-0.2, -0.15) is 11.8 Å². The summed E-state index contributed by atoms with van der Waals surface area (Å²) in [4.78, 5) is 16.1. The van der Waals surface area contributed by atoms with Crippen LogP contribution in [0.5, 0.6) is 0 Å². The summed E-state index contributed by atoms with van der Waals surface area (Å²) in [5.41, 5.74) is -0.338. The molecule has 136 valence electrons. The van der Waals surface area contributed by atoms with Gasteiger partial charge in [0.1, 0.15) is 0 Å². The topological polar surface area (TPSA) is 65.5 Å². The maximum Gasteiger partial charge on any atom is 0.225 e. The minimum atomic E-state index is -0.338. The average Bonchev–Trinajstić information content (AvgIpc) is 2.49. The minimum absolute atomic E-state index is 0. The number of hydrogen-bond donors (Lipinski definition) is 3. The first-order valence-corrected chi connectivity index (χ1v) is 9.44. The number of halogens is 1. The molecule has 0 spiro atoms. The van der Waals surface area contributed by atoms with Gasteiger partial charge in [-0.05, 0) is 25.5 Å².